The van der Waals surface area contributed by atoms with Crippen LogP contribution in [0.15, 0.2) is 12.2 Å². The Hall–Kier alpha value is -0.790. The zero-order valence-corrected chi connectivity index (χ0v) is 10.0. The van der Waals surface area contributed by atoms with E-state index in [0.29, 0.717) is 23.7 Å². The van der Waals surface area contributed by atoms with Gasteiger partial charge in [-0.1, -0.05) is 32.9 Å². The number of hydrogen-bond acceptors (Lipinski definition) is 2. The van der Waals surface area contributed by atoms with Gasteiger partial charge in [-0.25, -0.2) is 0 Å². The molecule has 2 nitrogen and oxygen atoms in total. The summed E-state index contributed by atoms with van der Waals surface area (Å²) in [6.45, 7) is 6.80. The second-order valence-electron chi connectivity index (χ2n) is 5.83. The Bertz CT molecular complexity index is 316. The second kappa shape index (κ2) is 3.10. The van der Waals surface area contributed by atoms with E-state index < -0.39 is 0 Å². The molecule has 0 radical (unpaired) electrons. The molecule has 15 heavy (non-hydrogen) atoms. The maximum absolute atomic E-state index is 11.4. The third-order valence-electron chi connectivity index (χ3n) is 4.60. The predicted molar refractivity (Wildman–Crippen MR) is 59.3 cm³/mol. The molecule has 2 heteroatoms. The Morgan fingerprint density at radius 3 is 2.60 bits per heavy atom. The van der Waals surface area contributed by atoms with Crippen molar-refractivity contribution in [3.63, 3.8) is 0 Å². The van der Waals surface area contributed by atoms with E-state index >= 15 is 0 Å². The van der Waals surface area contributed by atoms with Crippen molar-refractivity contribution < 1.29 is 9.53 Å². The quantitative estimate of drug-likeness (QED) is 0.515. The Morgan fingerprint density at radius 2 is 2.13 bits per heavy atom. The molecule has 0 aromatic heterocycles. The molecule has 0 spiro atoms. The molecule has 0 aromatic carbocycles. The fourth-order valence-electron chi connectivity index (χ4n) is 3.42. The summed E-state index contributed by atoms with van der Waals surface area (Å²) in [6.07, 6.45) is 6.27. The highest BCUT2D eigenvalue weighted by Crippen LogP contribution is 2.63. The average Bonchev–Trinajstić information content (AvgIpc) is 2.16. The zero-order chi connectivity index (χ0) is 11.3. The molecule has 0 N–H and O–H groups in total. The zero-order valence-electron chi connectivity index (χ0n) is 10.0. The van der Waals surface area contributed by atoms with Gasteiger partial charge in [0.2, 0.25) is 0 Å². The van der Waals surface area contributed by atoms with Crippen LogP contribution in [0.1, 0.15) is 33.6 Å². The van der Waals surface area contributed by atoms with Gasteiger partial charge in [0.1, 0.15) is 0 Å². The SMILES string of the molecule is COC(=O)CC1(C)C=C[C@H]2C[C@@H]1C2(C)C. The number of carbonyl (C=O) groups is 1. The van der Waals surface area contributed by atoms with Crippen molar-refractivity contribution in [1.29, 1.82) is 0 Å². The summed E-state index contributed by atoms with van der Waals surface area (Å²) in [4.78, 5) is 11.4. The van der Waals surface area contributed by atoms with Crippen molar-refractivity contribution in [1.82, 2.24) is 0 Å². The highest BCUT2D eigenvalue weighted by atomic mass is 16.5. The molecule has 1 unspecified atom stereocenters. The molecule has 3 rings (SSSR count). The van der Waals surface area contributed by atoms with Gasteiger partial charge in [-0.3, -0.25) is 4.79 Å². The standard InChI is InChI=1S/C13H20O2/c1-12(2)9-5-6-13(3,10(12)7-9)8-11(14)15-4/h5-6,9-10H,7-8H2,1-4H3/t9-,10+,13?/m0/s1. The Labute approximate surface area is 91.7 Å². The number of methoxy groups -OCH3 is 1. The molecule has 0 amide bonds. The lowest BCUT2D eigenvalue weighted by Crippen LogP contribution is -2.54. The summed E-state index contributed by atoms with van der Waals surface area (Å²) in [5.74, 6) is 1.25. The number of rotatable bonds is 2. The molecule has 3 atom stereocenters. The van der Waals surface area contributed by atoms with Crippen LogP contribution in [-0.4, -0.2) is 13.1 Å². The Balaban J connectivity index is 2.19. The minimum atomic E-state index is -0.0942. The van der Waals surface area contributed by atoms with E-state index in [9.17, 15) is 4.79 Å². The highest BCUT2D eigenvalue weighted by molar-refractivity contribution is 5.70. The molecule has 3 aliphatic carbocycles. The normalized spacial score (nSPS) is 40.8. The van der Waals surface area contributed by atoms with Gasteiger partial charge in [-0.15, -0.1) is 0 Å². The monoisotopic (exact) mass is 208 g/mol. The molecule has 1 fully saturated rings. The number of fused-ring (bicyclic) bond motifs is 1. The summed E-state index contributed by atoms with van der Waals surface area (Å²) < 4.78 is 4.78. The Morgan fingerprint density at radius 1 is 1.47 bits per heavy atom. The number of ether oxygens (including phenoxy) is 1. The van der Waals surface area contributed by atoms with Crippen LogP contribution in [0.2, 0.25) is 0 Å². The van der Waals surface area contributed by atoms with E-state index in [1.54, 1.807) is 0 Å². The van der Waals surface area contributed by atoms with Crippen LogP contribution < -0.4 is 0 Å². The largest absolute Gasteiger partial charge is 0.469 e. The maximum atomic E-state index is 11.4. The molecule has 0 aliphatic heterocycles. The summed E-state index contributed by atoms with van der Waals surface area (Å²) in [5.41, 5.74) is 0.364. The van der Waals surface area contributed by atoms with Gasteiger partial charge in [0, 0.05) is 0 Å². The van der Waals surface area contributed by atoms with Gasteiger partial charge in [0.05, 0.1) is 13.5 Å². The van der Waals surface area contributed by atoms with Gasteiger partial charge >= 0.3 is 5.97 Å². The summed E-state index contributed by atoms with van der Waals surface area (Å²) in [6, 6.07) is 0. The summed E-state index contributed by atoms with van der Waals surface area (Å²) in [7, 11) is 1.47. The number of hydrogen-bond donors (Lipinski definition) is 0. The maximum Gasteiger partial charge on any atom is 0.306 e. The van der Waals surface area contributed by atoms with Crippen LogP contribution >= 0.6 is 0 Å². The fraction of sp³-hybridized carbons (Fsp3) is 0.769. The van der Waals surface area contributed by atoms with Crippen LogP contribution in [0.4, 0.5) is 0 Å². The number of carbonyl (C=O) groups excluding carboxylic acids is 1. The van der Waals surface area contributed by atoms with Crippen molar-refractivity contribution in [2.45, 2.75) is 33.6 Å². The van der Waals surface area contributed by atoms with Crippen LogP contribution in [0, 0.1) is 22.7 Å². The van der Waals surface area contributed by atoms with E-state index in [-0.39, 0.29) is 11.4 Å². The van der Waals surface area contributed by atoms with E-state index in [1.165, 1.54) is 13.5 Å². The third-order valence-corrected chi connectivity index (χ3v) is 4.60. The molecular formula is C13H20O2. The lowest BCUT2D eigenvalue weighted by molar-refractivity contribution is -0.148. The minimum Gasteiger partial charge on any atom is -0.469 e. The Kier molecular flexibility index (Phi) is 2.21. The van der Waals surface area contributed by atoms with Crippen LogP contribution in [-0.2, 0) is 9.53 Å². The number of allylic oxidation sites excluding steroid dienone is 2. The van der Waals surface area contributed by atoms with Crippen LogP contribution in [0.25, 0.3) is 0 Å². The first-order valence-electron chi connectivity index (χ1n) is 5.66. The fourth-order valence-corrected chi connectivity index (χ4v) is 3.42. The first kappa shape index (κ1) is 10.7. The van der Waals surface area contributed by atoms with E-state index in [1.807, 2.05) is 0 Å². The highest BCUT2D eigenvalue weighted by Gasteiger charge is 2.57. The van der Waals surface area contributed by atoms with Crippen LogP contribution in [0.3, 0.4) is 0 Å². The third kappa shape index (κ3) is 1.42. The molecule has 0 saturated heterocycles. The molecule has 0 heterocycles. The van der Waals surface area contributed by atoms with Crippen molar-refractivity contribution in [2.75, 3.05) is 7.11 Å². The molecule has 1 saturated carbocycles. The smallest absolute Gasteiger partial charge is 0.306 e. The van der Waals surface area contributed by atoms with Crippen LogP contribution in [0.5, 0.6) is 0 Å². The molecular weight excluding hydrogens is 188 g/mol. The van der Waals surface area contributed by atoms with Gasteiger partial charge in [0.15, 0.2) is 0 Å². The van der Waals surface area contributed by atoms with Crippen molar-refractivity contribution in [3.8, 4) is 0 Å². The lowest BCUT2D eigenvalue weighted by Gasteiger charge is -2.61. The van der Waals surface area contributed by atoms with Crippen molar-refractivity contribution in [3.05, 3.63) is 12.2 Å². The topological polar surface area (TPSA) is 26.3 Å². The predicted octanol–water partition coefficient (Wildman–Crippen LogP) is 2.79. The first-order valence-corrected chi connectivity index (χ1v) is 5.66. The van der Waals surface area contributed by atoms with Gasteiger partial charge in [-0.2, -0.15) is 0 Å². The minimum absolute atomic E-state index is 0.00530. The van der Waals surface area contributed by atoms with Gasteiger partial charge in [0.25, 0.3) is 0 Å². The lowest BCUT2D eigenvalue weighted by atomic mass is 9.43. The molecule has 0 aromatic rings. The number of esters is 1. The summed E-state index contributed by atoms with van der Waals surface area (Å²) >= 11 is 0. The molecule has 3 aliphatic rings. The summed E-state index contributed by atoms with van der Waals surface area (Å²) in [5, 5.41) is 0. The van der Waals surface area contributed by atoms with Gasteiger partial charge < -0.3 is 4.74 Å². The van der Waals surface area contributed by atoms with Crippen molar-refractivity contribution >= 4 is 5.97 Å². The average molecular weight is 208 g/mol. The molecule has 2 bridgehead atoms. The van der Waals surface area contributed by atoms with Crippen molar-refractivity contribution in [2.24, 2.45) is 22.7 Å². The van der Waals surface area contributed by atoms with E-state index in [2.05, 4.69) is 32.9 Å². The van der Waals surface area contributed by atoms with Gasteiger partial charge in [-0.05, 0) is 29.1 Å². The van der Waals surface area contributed by atoms with E-state index in [4.69, 9.17) is 4.74 Å². The second-order valence-corrected chi connectivity index (χ2v) is 5.83. The molecule has 84 valence electrons. The van der Waals surface area contributed by atoms with E-state index in [0.717, 1.165) is 0 Å². The first-order chi connectivity index (χ1) is 6.90.